The highest BCUT2D eigenvalue weighted by atomic mass is 16.7. The van der Waals surface area contributed by atoms with Gasteiger partial charge in [0.05, 0.1) is 16.9 Å². The third-order valence-corrected chi connectivity index (χ3v) is 4.01. The van der Waals surface area contributed by atoms with Gasteiger partial charge < -0.3 is 19.9 Å². The van der Waals surface area contributed by atoms with E-state index < -0.39 is 7.12 Å². The number of hydrogen-bond acceptors (Lipinski definition) is 5. The molecule has 0 atom stereocenters. The van der Waals surface area contributed by atoms with Crippen LogP contribution in [-0.2, 0) is 15.9 Å². The zero-order valence-corrected chi connectivity index (χ0v) is 13.2. The van der Waals surface area contributed by atoms with Crippen LogP contribution < -0.4 is 11.2 Å². The maximum atomic E-state index is 6.05. The van der Waals surface area contributed by atoms with Crippen molar-refractivity contribution in [3.8, 4) is 0 Å². The molecule has 0 spiro atoms. The van der Waals surface area contributed by atoms with Crippen molar-refractivity contribution in [3.63, 3.8) is 0 Å². The molecule has 1 saturated heterocycles. The second-order valence-corrected chi connectivity index (χ2v) is 6.63. The SMILES string of the molecule is CN(C)Cc1cc(B2OC(C)(C)C(C)(C)O2)c(N)cn1. The average Bonchev–Trinajstić information content (AvgIpc) is 2.50. The summed E-state index contributed by atoms with van der Waals surface area (Å²) in [5.41, 5.74) is 7.72. The molecule has 1 aliphatic rings. The van der Waals surface area contributed by atoms with Gasteiger partial charge in [0, 0.05) is 23.9 Å². The molecular formula is C14H24BN3O2. The molecule has 2 heterocycles. The van der Waals surface area contributed by atoms with E-state index in [2.05, 4.69) is 9.88 Å². The molecule has 0 bridgehead atoms. The van der Waals surface area contributed by atoms with E-state index in [1.54, 1.807) is 6.20 Å². The third kappa shape index (κ3) is 2.82. The number of rotatable bonds is 3. The van der Waals surface area contributed by atoms with Crippen molar-refractivity contribution >= 4 is 18.3 Å². The van der Waals surface area contributed by atoms with E-state index in [1.165, 1.54) is 0 Å². The fourth-order valence-corrected chi connectivity index (χ4v) is 2.11. The second kappa shape index (κ2) is 5.02. The fraction of sp³-hybridized carbons (Fsp3) is 0.643. The molecule has 2 N–H and O–H groups in total. The summed E-state index contributed by atoms with van der Waals surface area (Å²) in [6.07, 6.45) is 1.68. The number of nitrogens with zero attached hydrogens (tertiary/aromatic N) is 2. The predicted octanol–water partition coefficient (Wildman–Crippen LogP) is 1.02. The molecule has 0 radical (unpaired) electrons. The lowest BCUT2D eigenvalue weighted by Gasteiger charge is -2.32. The summed E-state index contributed by atoms with van der Waals surface area (Å²) >= 11 is 0. The van der Waals surface area contributed by atoms with Gasteiger partial charge in [0.15, 0.2) is 0 Å². The summed E-state index contributed by atoms with van der Waals surface area (Å²) in [6, 6.07) is 1.97. The molecule has 0 aliphatic carbocycles. The Kier molecular flexibility index (Phi) is 3.84. The van der Waals surface area contributed by atoms with Crippen LogP contribution in [0, 0.1) is 0 Å². The highest BCUT2D eigenvalue weighted by molar-refractivity contribution is 6.63. The van der Waals surface area contributed by atoms with Gasteiger partial charge in [-0.1, -0.05) is 0 Å². The molecule has 1 aromatic heterocycles. The molecule has 0 unspecified atom stereocenters. The van der Waals surface area contributed by atoms with E-state index in [4.69, 9.17) is 15.0 Å². The first-order chi connectivity index (χ1) is 9.12. The van der Waals surface area contributed by atoms with E-state index in [0.29, 0.717) is 5.69 Å². The first-order valence-electron chi connectivity index (χ1n) is 6.87. The minimum atomic E-state index is -0.441. The quantitative estimate of drug-likeness (QED) is 0.836. The van der Waals surface area contributed by atoms with Crippen LogP contribution in [0.3, 0.4) is 0 Å². The Morgan fingerprint density at radius 3 is 2.25 bits per heavy atom. The number of anilines is 1. The number of nitrogens with two attached hydrogens (primary N) is 1. The summed E-state index contributed by atoms with van der Waals surface area (Å²) < 4.78 is 12.1. The summed E-state index contributed by atoms with van der Waals surface area (Å²) in [5, 5.41) is 0. The standard InChI is InChI=1S/C14H24BN3O2/c1-13(2)14(3,4)20-15(19-13)11-7-10(9-18(5)6)17-8-12(11)16/h7-8H,9,16H2,1-6H3. The Balaban J connectivity index is 2.30. The first kappa shape index (κ1) is 15.3. The fourth-order valence-electron chi connectivity index (χ4n) is 2.11. The van der Waals surface area contributed by atoms with Crippen molar-refractivity contribution in [3.05, 3.63) is 18.0 Å². The average molecular weight is 277 g/mol. The van der Waals surface area contributed by atoms with Gasteiger partial charge >= 0.3 is 7.12 Å². The zero-order valence-electron chi connectivity index (χ0n) is 13.2. The van der Waals surface area contributed by atoms with Crippen LogP contribution in [0.2, 0.25) is 0 Å². The monoisotopic (exact) mass is 277 g/mol. The van der Waals surface area contributed by atoms with Gasteiger partial charge in [-0.15, -0.1) is 0 Å². The van der Waals surface area contributed by atoms with Crippen LogP contribution >= 0.6 is 0 Å². The third-order valence-electron chi connectivity index (χ3n) is 4.01. The summed E-state index contributed by atoms with van der Waals surface area (Å²) in [6.45, 7) is 8.89. The van der Waals surface area contributed by atoms with Crippen LogP contribution in [0.15, 0.2) is 12.3 Å². The number of aromatic nitrogens is 1. The van der Waals surface area contributed by atoms with Gasteiger partial charge in [-0.25, -0.2) is 0 Å². The first-order valence-corrected chi connectivity index (χ1v) is 6.87. The Labute approximate surface area is 121 Å². The van der Waals surface area contributed by atoms with Crippen molar-refractivity contribution < 1.29 is 9.31 Å². The van der Waals surface area contributed by atoms with Crippen LogP contribution in [0.25, 0.3) is 0 Å². The van der Waals surface area contributed by atoms with Crippen molar-refractivity contribution in [2.24, 2.45) is 0 Å². The predicted molar refractivity (Wildman–Crippen MR) is 81.8 cm³/mol. The maximum absolute atomic E-state index is 6.05. The molecule has 1 fully saturated rings. The van der Waals surface area contributed by atoms with Crippen LogP contribution in [0.5, 0.6) is 0 Å². The van der Waals surface area contributed by atoms with Gasteiger partial charge in [0.1, 0.15) is 0 Å². The lowest BCUT2D eigenvalue weighted by Crippen LogP contribution is -2.41. The Bertz CT molecular complexity index is 487. The normalized spacial score (nSPS) is 20.6. The van der Waals surface area contributed by atoms with Crippen LogP contribution in [0.4, 0.5) is 5.69 Å². The molecule has 6 heteroatoms. The molecule has 1 aliphatic heterocycles. The minimum absolute atomic E-state index is 0.366. The largest absolute Gasteiger partial charge is 0.497 e. The minimum Gasteiger partial charge on any atom is -0.399 e. The van der Waals surface area contributed by atoms with Gasteiger partial charge in [-0.3, -0.25) is 4.98 Å². The van der Waals surface area contributed by atoms with Crippen molar-refractivity contribution in [2.75, 3.05) is 19.8 Å². The summed E-state index contributed by atoms with van der Waals surface area (Å²) in [4.78, 5) is 6.41. The Hall–Kier alpha value is -1.11. The van der Waals surface area contributed by atoms with Crippen LogP contribution in [-0.4, -0.2) is 42.3 Å². The number of hydrogen-bond donors (Lipinski definition) is 1. The topological polar surface area (TPSA) is 60.6 Å². The Morgan fingerprint density at radius 1 is 1.20 bits per heavy atom. The lowest BCUT2D eigenvalue weighted by molar-refractivity contribution is 0.00578. The zero-order chi connectivity index (χ0) is 15.1. The molecule has 0 aromatic carbocycles. The van der Waals surface area contributed by atoms with Crippen molar-refractivity contribution in [1.82, 2.24) is 9.88 Å². The highest BCUT2D eigenvalue weighted by Crippen LogP contribution is 2.36. The smallest absolute Gasteiger partial charge is 0.399 e. The molecule has 110 valence electrons. The van der Waals surface area contributed by atoms with E-state index in [1.807, 2.05) is 47.9 Å². The molecule has 0 saturated carbocycles. The summed E-state index contributed by atoms with van der Waals surface area (Å²) in [5.74, 6) is 0. The highest BCUT2D eigenvalue weighted by Gasteiger charge is 2.52. The maximum Gasteiger partial charge on any atom is 0.497 e. The number of nitrogen functional groups attached to an aromatic ring is 1. The van der Waals surface area contributed by atoms with E-state index >= 15 is 0 Å². The van der Waals surface area contributed by atoms with E-state index in [-0.39, 0.29) is 11.2 Å². The number of pyridine rings is 1. The Morgan fingerprint density at radius 2 is 1.75 bits per heavy atom. The van der Waals surface area contributed by atoms with Gasteiger partial charge in [-0.05, 0) is 47.9 Å². The molecule has 1 aromatic rings. The molecule has 2 rings (SSSR count). The van der Waals surface area contributed by atoms with E-state index in [0.717, 1.165) is 17.7 Å². The van der Waals surface area contributed by atoms with Gasteiger partial charge in [0.2, 0.25) is 0 Å². The molecular weight excluding hydrogens is 253 g/mol. The van der Waals surface area contributed by atoms with Gasteiger partial charge in [-0.2, -0.15) is 0 Å². The molecule has 20 heavy (non-hydrogen) atoms. The summed E-state index contributed by atoms with van der Waals surface area (Å²) in [7, 11) is 3.57. The van der Waals surface area contributed by atoms with E-state index in [9.17, 15) is 0 Å². The van der Waals surface area contributed by atoms with Gasteiger partial charge in [0.25, 0.3) is 0 Å². The van der Waals surface area contributed by atoms with Crippen molar-refractivity contribution in [2.45, 2.75) is 45.4 Å². The molecule has 5 nitrogen and oxygen atoms in total. The second-order valence-electron chi connectivity index (χ2n) is 6.63. The lowest BCUT2D eigenvalue weighted by atomic mass is 9.78. The van der Waals surface area contributed by atoms with Crippen LogP contribution in [0.1, 0.15) is 33.4 Å². The molecule has 0 amide bonds. The van der Waals surface area contributed by atoms with Crippen molar-refractivity contribution in [1.29, 1.82) is 0 Å².